The summed E-state index contributed by atoms with van der Waals surface area (Å²) >= 11 is 0. The Hall–Kier alpha value is -2.89. The van der Waals surface area contributed by atoms with Crippen molar-refractivity contribution in [3.63, 3.8) is 0 Å². The Labute approximate surface area is 151 Å². The number of carbonyl (C=O) groups excluding carboxylic acids is 2. The Morgan fingerprint density at radius 2 is 1.77 bits per heavy atom. The van der Waals surface area contributed by atoms with E-state index in [0.717, 1.165) is 16.3 Å². The van der Waals surface area contributed by atoms with Gasteiger partial charge in [-0.3, -0.25) is 14.4 Å². The minimum absolute atomic E-state index is 0.0994. The van der Waals surface area contributed by atoms with Crippen molar-refractivity contribution < 1.29 is 19.5 Å². The van der Waals surface area contributed by atoms with Crippen LogP contribution in [0.4, 0.5) is 0 Å². The molecule has 1 saturated carbocycles. The van der Waals surface area contributed by atoms with Crippen LogP contribution in [0.1, 0.15) is 24.8 Å². The first kappa shape index (κ1) is 17.9. The normalized spacial score (nSPS) is 19.2. The smallest absolute Gasteiger partial charge is 0.306 e. The summed E-state index contributed by atoms with van der Waals surface area (Å²) in [6.07, 6.45) is 1.89. The summed E-state index contributed by atoms with van der Waals surface area (Å²) in [6.45, 7) is -0.0994. The molecule has 3 N–H and O–H groups in total. The minimum Gasteiger partial charge on any atom is -0.481 e. The second-order valence-electron chi connectivity index (χ2n) is 6.70. The predicted octanol–water partition coefficient (Wildman–Crippen LogP) is 1.87. The van der Waals surface area contributed by atoms with E-state index in [0.29, 0.717) is 19.3 Å². The summed E-state index contributed by atoms with van der Waals surface area (Å²) in [7, 11) is 0. The molecule has 0 saturated heterocycles. The van der Waals surface area contributed by atoms with Gasteiger partial charge in [0.1, 0.15) is 0 Å². The van der Waals surface area contributed by atoms with Gasteiger partial charge in [-0.05, 0) is 35.6 Å². The standard InChI is InChI=1S/C20H22N2O4/c23-18(11-14-6-3-5-13-4-1-2-7-17(13)14)21-12-19(24)22-16-9-8-15(10-16)20(25)26/h1-7,15-16H,8-12H2,(H,21,23)(H,22,24)(H,25,26)/t15-,16+/m0/s1. The Morgan fingerprint density at radius 1 is 1.00 bits per heavy atom. The van der Waals surface area contributed by atoms with Gasteiger partial charge in [0.05, 0.1) is 18.9 Å². The third kappa shape index (κ3) is 4.39. The summed E-state index contributed by atoms with van der Waals surface area (Å²) in [5.41, 5.74) is 0.918. The molecule has 0 aromatic heterocycles. The molecule has 0 radical (unpaired) electrons. The van der Waals surface area contributed by atoms with E-state index < -0.39 is 5.97 Å². The molecule has 0 aliphatic heterocycles. The van der Waals surface area contributed by atoms with Crippen molar-refractivity contribution in [1.82, 2.24) is 10.6 Å². The summed E-state index contributed by atoms with van der Waals surface area (Å²) < 4.78 is 0. The lowest BCUT2D eigenvalue weighted by Crippen LogP contribution is -2.41. The monoisotopic (exact) mass is 354 g/mol. The number of carboxylic acid groups (broad SMARTS) is 1. The van der Waals surface area contributed by atoms with Gasteiger partial charge in [0, 0.05) is 6.04 Å². The molecular weight excluding hydrogens is 332 g/mol. The quantitative estimate of drug-likeness (QED) is 0.738. The average molecular weight is 354 g/mol. The zero-order valence-electron chi connectivity index (χ0n) is 14.4. The van der Waals surface area contributed by atoms with Crippen LogP contribution in [0, 0.1) is 5.92 Å². The molecule has 2 atom stereocenters. The third-order valence-corrected chi connectivity index (χ3v) is 4.82. The van der Waals surface area contributed by atoms with Crippen LogP contribution in [0.2, 0.25) is 0 Å². The van der Waals surface area contributed by atoms with E-state index in [-0.39, 0.29) is 36.7 Å². The van der Waals surface area contributed by atoms with E-state index in [1.807, 2.05) is 42.5 Å². The Balaban J connectivity index is 1.48. The van der Waals surface area contributed by atoms with E-state index in [1.165, 1.54) is 0 Å². The molecule has 1 aliphatic carbocycles. The lowest BCUT2D eigenvalue weighted by molar-refractivity contribution is -0.141. The molecule has 6 nitrogen and oxygen atoms in total. The van der Waals surface area contributed by atoms with Crippen molar-refractivity contribution in [3.05, 3.63) is 48.0 Å². The van der Waals surface area contributed by atoms with Crippen molar-refractivity contribution >= 4 is 28.6 Å². The van der Waals surface area contributed by atoms with Crippen molar-refractivity contribution in [1.29, 1.82) is 0 Å². The molecule has 3 rings (SSSR count). The Morgan fingerprint density at radius 3 is 2.54 bits per heavy atom. The number of hydrogen-bond acceptors (Lipinski definition) is 3. The van der Waals surface area contributed by atoms with Gasteiger partial charge in [0.2, 0.25) is 11.8 Å². The van der Waals surface area contributed by atoms with Gasteiger partial charge < -0.3 is 15.7 Å². The summed E-state index contributed by atoms with van der Waals surface area (Å²) in [5.74, 6) is -1.70. The first-order valence-electron chi connectivity index (χ1n) is 8.78. The molecule has 2 aromatic rings. The van der Waals surface area contributed by atoms with Gasteiger partial charge >= 0.3 is 5.97 Å². The number of carboxylic acids is 1. The van der Waals surface area contributed by atoms with Crippen LogP contribution < -0.4 is 10.6 Å². The molecule has 0 bridgehead atoms. The van der Waals surface area contributed by atoms with Crippen LogP contribution in [-0.2, 0) is 20.8 Å². The maximum Gasteiger partial charge on any atom is 0.306 e. The Bertz CT molecular complexity index is 828. The summed E-state index contributed by atoms with van der Waals surface area (Å²) in [5, 5.41) is 16.5. The molecule has 1 aliphatic rings. The van der Waals surface area contributed by atoms with E-state index in [4.69, 9.17) is 5.11 Å². The van der Waals surface area contributed by atoms with Crippen LogP contribution in [-0.4, -0.2) is 35.5 Å². The minimum atomic E-state index is -0.815. The van der Waals surface area contributed by atoms with E-state index >= 15 is 0 Å². The zero-order valence-corrected chi connectivity index (χ0v) is 14.4. The first-order valence-corrected chi connectivity index (χ1v) is 8.78. The molecule has 2 amide bonds. The summed E-state index contributed by atoms with van der Waals surface area (Å²) in [6, 6.07) is 13.6. The third-order valence-electron chi connectivity index (χ3n) is 4.82. The van der Waals surface area contributed by atoms with Crippen molar-refractivity contribution in [2.75, 3.05) is 6.54 Å². The molecule has 136 valence electrons. The number of fused-ring (bicyclic) bond motifs is 1. The number of benzene rings is 2. The highest BCUT2D eigenvalue weighted by molar-refractivity contribution is 5.91. The zero-order chi connectivity index (χ0) is 18.5. The van der Waals surface area contributed by atoms with Gasteiger partial charge in [-0.1, -0.05) is 42.5 Å². The van der Waals surface area contributed by atoms with E-state index in [1.54, 1.807) is 0 Å². The highest BCUT2D eigenvalue weighted by atomic mass is 16.4. The molecule has 26 heavy (non-hydrogen) atoms. The molecule has 0 spiro atoms. The van der Waals surface area contributed by atoms with Gasteiger partial charge in [0.15, 0.2) is 0 Å². The molecule has 1 fully saturated rings. The molecule has 6 heteroatoms. The second-order valence-corrected chi connectivity index (χ2v) is 6.70. The van der Waals surface area contributed by atoms with Crippen LogP contribution >= 0.6 is 0 Å². The van der Waals surface area contributed by atoms with Crippen molar-refractivity contribution in [3.8, 4) is 0 Å². The van der Waals surface area contributed by atoms with Crippen LogP contribution in [0.15, 0.2) is 42.5 Å². The van der Waals surface area contributed by atoms with Gasteiger partial charge in [-0.2, -0.15) is 0 Å². The number of aliphatic carboxylic acids is 1. The topological polar surface area (TPSA) is 95.5 Å². The lowest BCUT2D eigenvalue weighted by atomic mass is 10.0. The largest absolute Gasteiger partial charge is 0.481 e. The lowest BCUT2D eigenvalue weighted by Gasteiger charge is -2.13. The number of hydrogen-bond donors (Lipinski definition) is 3. The molecule has 0 heterocycles. The average Bonchev–Trinajstić information content (AvgIpc) is 3.09. The van der Waals surface area contributed by atoms with Crippen LogP contribution in [0.3, 0.4) is 0 Å². The predicted molar refractivity (Wildman–Crippen MR) is 97.6 cm³/mol. The number of nitrogens with one attached hydrogen (secondary N) is 2. The van der Waals surface area contributed by atoms with Crippen LogP contribution in [0.5, 0.6) is 0 Å². The van der Waals surface area contributed by atoms with Crippen LogP contribution in [0.25, 0.3) is 10.8 Å². The van der Waals surface area contributed by atoms with Crippen molar-refractivity contribution in [2.45, 2.75) is 31.7 Å². The number of amides is 2. The molecule has 2 aromatic carbocycles. The number of carbonyl (C=O) groups is 3. The maximum absolute atomic E-state index is 12.2. The van der Waals surface area contributed by atoms with Gasteiger partial charge in [0.25, 0.3) is 0 Å². The highest BCUT2D eigenvalue weighted by Gasteiger charge is 2.30. The van der Waals surface area contributed by atoms with E-state index in [2.05, 4.69) is 10.6 Å². The first-order chi connectivity index (χ1) is 12.5. The fourth-order valence-corrected chi connectivity index (χ4v) is 3.48. The fourth-order valence-electron chi connectivity index (χ4n) is 3.48. The molecule has 0 unspecified atom stereocenters. The number of rotatable bonds is 6. The van der Waals surface area contributed by atoms with E-state index in [9.17, 15) is 14.4 Å². The maximum atomic E-state index is 12.2. The SMILES string of the molecule is O=C(Cc1cccc2ccccc12)NCC(=O)N[C@@H]1CC[C@H](C(=O)O)C1. The van der Waals surface area contributed by atoms with Gasteiger partial charge in [-0.25, -0.2) is 0 Å². The highest BCUT2D eigenvalue weighted by Crippen LogP contribution is 2.25. The summed E-state index contributed by atoms with van der Waals surface area (Å²) in [4.78, 5) is 35.1. The Kier molecular flexibility index (Phi) is 5.51. The molecular formula is C20H22N2O4. The fraction of sp³-hybridized carbons (Fsp3) is 0.350. The van der Waals surface area contributed by atoms with Crippen molar-refractivity contribution in [2.24, 2.45) is 5.92 Å². The van der Waals surface area contributed by atoms with Gasteiger partial charge in [-0.15, -0.1) is 0 Å². The second kappa shape index (κ2) is 7.99.